The number of fused-ring (bicyclic) bond motifs is 1. The van der Waals surface area contributed by atoms with Crippen LogP contribution in [0, 0.1) is 0 Å². The SMILES string of the molecule is O=C1c2ccccc2C(=O)N1c1ccccc1-c1cc(-c2ccccc2)cc(-c2ccccc2)n1. The van der Waals surface area contributed by atoms with E-state index in [0.29, 0.717) is 22.5 Å². The smallest absolute Gasteiger partial charge is 0.266 e. The summed E-state index contributed by atoms with van der Waals surface area (Å²) in [5.41, 5.74) is 6.65. The van der Waals surface area contributed by atoms with Crippen LogP contribution in [0.1, 0.15) is 20.7 Å². The zero-order valence-corrected chi connectivity index (χ0v) is 18.8. The minimum Gasteiger partial charge on any atom is -0.268 e. The first-order valence-corrected chi connectivity index (χ1v) is 11.4. The van der Waals surface area contributed by atoms with Gasteiger partial charge in [0, 0.05) is 11.1 Å². The van der Waals surface area contributed by atoms with Gasteiger partial charge >= 0.3 is 0 Å². The van der Waals surface area contributed by atoms with Gasteiger partial charge in [0.25, 0.3) is 11.8 Å². The lowest BCUT2D eigenvalue weighted by Gasteiger charge is -2.19. The Hall–Kier alpha value is -4.83. The van der Waals surface area contributed by atoms with Crippen molar-refractivity contribution in [1.82, 2.24) is 4.98 Å². The lowest BCUT2D eigenvalue weighted by Crippen LogP contribution is -2.29. The molecule has 4 aromatic carbocycles. The number of imide groups is 1. The Morgan fingerprint density at radius 3 is 1.57 bits per heavy atom. The van der Waals surface area contributed by atoms with E-state index < -0.39 is 0 Å². The van der Waals surface area contributed by atoms with Crippen LogP contribution in [0.3, 0.4) is 0 Å². The van der Waals surface area contributed by atoms with Crippen LogP contribution < -0.4 is 4.90 Å². The molecule has 166 valence electrons. The average Bonchev–Trinajstić information content (AvgIpc) is 3.19. The molecular weight excluding hydrogens is 432 g/mol. The van der Waals surface area contributed by atoms with Gasteiger partial charge < -0.3 is 0 Å². The summed E-state index contributed by atoms with van der Waals surface area (Å²) < 4.78 is 0. The van der Waals surface area contributed by atoms with Crippen LogP contribution in [0.4, 0.5) is 5.69 Å². The zero-order valence-electron chi connectivity index (χ0n) is 18.8. The number of para-hydroxylation sites is 1. The monoisotopic (exact) mass is 452 g/mol. The number of rotatable bonds is 4. The van der Waals surface area contributed by atoms with E-state index in [4.69, 9.17) is 4.98 Å². The molecule has 0 N–H and O–H groups in total. The molecule has 0 fully saturated rings. The fourth-order valence-electron chi connectivity index (χ4n) is 4.52. The molecular formula is C31H20N2O2. The summed E-state index contributed by atoms with van der Waals surface area (Å²) in [7, 11) is 0. The Labute approximate surface area is 203 Å². The Balaban J connectivity index is 1.54. The van der Waals surface area contributed by atoms with Crippen molar-refractivity contribution in [3.8, 4) is 33.6 Å². The Morgan fingerprint density at radius 1 is 0.457 bits per heavy atom. The third-order valence-corrected chi connectivity index (χ3v) is 6.22. The van der Waals surface area contributed by atoms with Crippen LogP contribution in [0.25, 0.3) is 33.6 Å². The fourth-order valence-corrected chi connectivity index (χ4v) is 4.52. The molecule has 4 nitrogen and oxygen atoms in total. The van der Waals surface area contributed by atoms with Crippen LogP contribution in [-0.4, -0.2) is 16.8 Å². The number of nitrogens with zero attached hydrogens (tertiary/aromatic N) is 2. The molecule has 6 rings (SSSR count). The van der Waals surface area contributed by atoms with Crippen molar-refractivity contribution in [2.75, 3.05) is 4.90 Å². The van der Waals surface area contributed by atoms with Gasteiger partial charge in [0.15, 0.2) is 0 Å². The van der Waals surface area contributed by atoms with E-state index in [2.05, 4.69) is 18.2 Å². The highest BCUT2D eigenvalue weighted by Gasteiger charge is 2.37. The number of carbonyl (C=O) groups excluding carboxylic acids is 2. The molecule has 0 radical (unpaired) electrons. The van der Waals surface area contributed by atoms with Crippen molar-refractivity contribution >= 4 is 17.5 Å². The van der Waals surface area contributed by atoms with E-state index in [-0.39, 0.29) is 11.8 Å². The Kier molecular flexibility index (Phi) is 5.04. The molecule has 2 heterocycles. The lowest BCUT2D eigenvalue weighted by molar-refractivity contribution is 0.0926. The second kappa shape index (κ2) is 8.50. The summed E-state index contributed by atoms with van der Waals surface area (Å²) in [5, 5.41) is 0. The van der Waals surface area contributed by atoms with Gasteiger partial charge in [-0.2, -0.15) is 0 Å². The summed E-state index contributed by atoms with van der Waals surface area (Å²) in [6.07, 6.45) is 0. The van der Waals surface area contributed by atoms with Crippen molar-refractivity contribution < 1.29 is 9.59 Å². The lowest BCUT2D eigenvalue weighted by atomic mass is 9.99. The number of aromatic nitrogens is 1. The van der Waals surface area contributed by atoms with Gasteiger partial charge in [0.05, 0.1) is 28.2 Å². The molecule has 1 aromatic heterocycles. The van der Waals surface area contributed by atoms with Crippen LogP contribution in [-0.2, 0) is 0 Å². The molecule has 0 spiro atoms. The molecule has 35 heavy (non-hydrogen) atoms. The summed E-state index contributed by atoms with van der Waals surface area (Å²) in [5.74, 6) is -0.638. The Morgan fingerprint density at radius 2 is 0.943 bits per heavy atom. The van der Waals surface area contributed by atoms with Gasteiger partial charge in [-0.05, 0) is 41.5 Å². The third-order valence-electron chi connectivity index (χ3n) is 6.22. The largest absolute Gasteiger partial charge is 0.268 e. The second-order valence-electron chi connectivity index (χ2n) is 8.37. The molecule has 0 unspecified atom stereocenters. The first kappa shape index (κ1) is 20.8. The van der Waals surface area contributed by atoms with E-state index in [1.807, 2.05) is 72.8 Å². The maximum absolute atomic E-state index is 13.3. The van der Waals surface area contributed by atoms with E-state index >= 15 is 0 Å². The molecule has 0 saturated heterocycles. The maximum Gasteiger partial charge on any atom is 0.266 e. The summed E-state index contributed by atoms with van der Waals surface area (Å²) >= 11 is 0. The van der Waals surface area contributed by atoms with Crippen LogP contribution >= 0.6 is 0 Å². The van der Waals surface area contributed by atoms with Crippen LogP contribution in [0.2, 0.25) is 0 Å². The average molecular weight is 453 g/mol. The normalized spacial score (nSPS) is 12.6. The van der Waals surface area contributed by atoms with Gasteiger partial charge in [-0.1, -0.05) is 91.0 Å². The number of pyridine rings is 1. The maximum atomic E-state index is 13.3. The van der Waals surface area contributed by atoms with Crippen molar-refractivity contribution in [3.05, 3.63) is 132 Å². The van der Waals surface area contributed by atoms with Crippen LogP contribution in [0.15, 0.2) is 121 Å². The third kappa shape index (κ3) is 3.62. The van der Waals surface area contributed by atoms with Crippen molar-refractivity contribution in [2.45, 2.75) is 0 Å². The van der Waals surface area contributed by atoms with Crippen molar-refractivity contribution in [1.29, 1.82) is 0 Å². The zero-order chi connectivity index (χ0) is 23.8. The highest BCUT2D eigenvalue weighted by atomic mass is 16.2. The number of benzene rings is 4. The van der Waals surface area contributed by atoms with Crippen LogP contribution in [0.5, 0.6) is 0 Å². The summed E-state index contributed by atoms with van der Waals surface area (Å²) in [4.78, 5) is 32.7. The highest BCUT2D eigenvalue weighted by Crippen LogP contribution is 2.37. The van der Waals surface area contributed by atoms with Crippen molar-refractivity contribution in [3.63, 3.8) is 0 Å². The van der Waals surface area contributed by atoms with E-state index in [1.54, 1.807) is 30.3 Å². The molecule has 0 bridgehead atoms. The molecule has 0 saturated carbocycles. The van der Waals surface area contributed by atoms with Gasteiger partial charge in [0.1, 0.15) is 0 Å². The highest BCUT2D eigenvalue weighted by molar-refractivity contribution is 6.35. The minimum absolute atomic E-state index is 0.319. The van der Waals surface area contributed by atoms with E-state index in [1.165, 1.54) is 4.90 Å². The topological polar surface area (TPSA) is 50.3 Å². The predicted molar refractivity (Wildman–Crippen MR) is 138 cm³/mol. The van der Waals surface area contributed by atoms with E-state index in [0.717, 1.165) is 27.9 Å². The number of hydrogen-bond acceptors (Lipinski definition) is 3. The fraction of sp³-hybridized carbons (Fsp3) is 0. The van der Waals surface area contributed by atoms with Gasteiger partial charge in [-0.25, -0.2) is 9.88 Å². The minimum atomic E-state index is -0.319. The molecule has 0 atom stereocenters. The molecule has 1 aliphatic heterocycles. The number of hydrogen-bond donors (Lipinski definition) is 0. The standard InChI is InChI=1S/C31H20N2O2/c34-30-24-15-7-8-16-25(24)31(35)33(30)29-18-10-9-17-26(29)28-20-23(21-11-3-1-4-12-21)19-27(32-28)22-13-5-2-6-14-22/h1-20H. The predicted octanol–water partition coefficient (Wildman–Crippen LogP) is 6.88. The van der Waals surface area contributed by atoms with Gasteiger partial charge in [-0.15, -0.1) is 0 Å². The molecule has 0 aliphatic carbocycles. The first-order chi connectivity index (χ1) is 17.2. The Bertz CT molecular complexity index is 1480. The van der Waals surface area contributed by atoms with Gasteiger partial charge in [-0.3, -0.25) is 9.59 Å². The summed E-state index contributed by atoms with van der Waals surface area (Å²) in [6, 6.07) is 38.6. The number of amides is 2. The molecule has 5 aromatic rings. The van der Waals surface area contributed by atoms with Gasteiger partial charge in [0.2, 0.25) is 0 Å². The van der Waals surface area contributed by atoms with Crippen molar-refractivity contribution in [2.24, 2.45) is 0 Å². The molecule has 1 aliphatic rings. The first-order valence-electron chi connectivity index (χ1n) is 11.4. The second-order valence-corrected chi connectivity index (χ2v) is 8.37. The molecule has 4 heteroatoms. The summed E-state index contributed by atoms with van der Waals surface area (Å²) in [6.45, 7) is 0. The number of carbonyl (C=O) groups is 2. The molecule has 2 amide bonds. The number of anilines is 1. The quantitative estimate of drug-likeness (QED) is 0.279. The van der Waals surface area contributed by atoms with E-state index in [9.17, 15) is 9.59 Å².